The van der Waals surface area contributed by atoms with Crippen LogP contribution in [0.1, 0.15) is 59.3 Å². The van der Waals surface area contributed by atoms with E-state index in [1.165, 1.54) is 32.1 Å². The Morgan fingerprint density at radius 3 is 2.61 bits per heavy atom. The summed E-state index contributed by atoms with van der Waals surface area (Å²) in [5.74, 6) is 0.754. The van der Waals surface area contributed by atoms with Gasteiger partial charge in [0.1, 0.15) is 0 Å². The molecule has 0 aromatic heterocycles. The largest absolute Gasteiger partial charge is 0.395 e. The van der Waals surface area contributed by atoms with Crippen molar-refractivity contribution in [3.8, 4) is 0 Å². The summed E-state index contributed by atoms with van der Waals surface area (Å²) in [6, 6.07) is 0.592. The third-order valence-corrected chi connectivity index (χ3v) is 3.95. The molecule has 3 nitrogen and oxygen atoms in total. The van der Waals surface area contributed by atoms with Crippen LogP contribution in [0.15, 0.2) is 0 Å². The molecular formula is C15H31NO2. The first kappa shape index (κ1) is 15.9. The molecule has 3 unspecified atom stereocenters. The number of nitrogens with one attached hydrogen (secondary N) is 1. The molecule has 1 aliphatic carbocycles. The first-order valence-electron chi connectivity index (χ1n) is 7.65. The molecule has 0 radical (unpaired) electrons. The van der Waals surface area contributed by atoms with Crippen molar-refractivity contribution in [3.05, 3.63) is 0 Å². The second kappa shape index (κ2) is 8.89. The van der Waals surface area contributed by atoms with Gasteiger partial charge in [0.05, 0.1) is 12.7 Å². The molecule has 0 spiro atoms. The minimum absolute atomic E-state index is 0.175. The van der Waals surface area contributed by atoms with Crippen molar-refractivity contribution >= 4 is 0 Å². The van der Waals surface area contributed by atoms with Gasteiger partial charge >= 0.3 is 0 Å². The molecule has 3 atom stereocenters. The zero-order chi connectivity index (χ0) is 13.4. The van der Waals surface area contributed by atoms with Crippen molar-refractivity contribution in [1.82, 2.24) is 5.32 Å². The van der Waals surface area contributed by atoms with Crippen molar-refractivity contribution in [3.63, 3.8) is 0 Å². The third kappa shape index (κ3) is 5.68. The first-order valence-corrected chi connectivity index (χ1v) is 7.65. The second-order valence-electron chi connectivity index (χ2n) is 5.85. The van der Waals surface area contributed by atoms with E-state index in [9.17, 15) is 5.11 Å². The molecule has 108 valence electrons. The van der Waals surface area contributed by atoms with Gasteiger partial charge in [0.2, 0.25) is 0 Å². The van der Waals surface area contributed by atoms with E-state index in [4.69, 9.17) is 4.74 Å². The monoisotopic (exact) mass is 257 g/mol. The van der Waals surface area contributed by atoms with Gasteiger partial charge in [-0.3, -0.25) is 0 Å². The molecule has 0 aliphatic heterocycles. The van der Waals surface area contributed by atoms with Crippen LogP contribution < -0.4 is 5.32 Å². The average Bonchev–Trinajstić information content (AvgIpc) is 2.37. The Hall–Kier alpha value is -0.120. The van der Waals surface area contributed by atoms with E-state index in [0.29, 0.717) is 12.1 Å². The highest BCUT2D eigenvalue weighted by atomic mass is 16.5. The van der Waals surface area contributed by atoms with Gasteiger partial charge in [-0.05, 0) is 25.2 Å². The van der Waals surface area contributed by atoms with Gasteiger partial charge < -0.3 is 15.2 Å². The summed E-state index contributed by atoms with van der Waals surface area (Å²) in [6.45, 7) is 7.45. The predicted octanol–water partition coefficient (Wildman–Crippen LogP) is 2.72. The maximum absolute atomic E-state index is 9.29. The van der Waals surface area contributed by atoms with Crippen molar-refractivity contribution in [1.29, 1.82) is 0 Å². The summed E-state index contributed by atoms with van der Waals surface area (Å²) in [5.41, 5.74) is 0. The molecule has 0 saturated heterocycles. The molecule has 0 aromatic rings. The van der Waals surface area contributed by atoms with E-state index < -0.39 is 0 Å². The molecule has 0 bridgehead atoms. The Balaban J connectivity index is 2.22. The fraction of sp³-hybridized carbons (Fsp3) is 1.00. The number of ether oxygens (including phenoxy) is 1. The number of aliphatic hydroxyl groups is 1. The zero-order valence-corrected chi connectivity index (χ0v) is 12.3. The van der Waals surface area contributed by atoms with E-state index in [-0.39, 0.29) is 12.6 Å². The van der Waals surface area contributed by atoms with Crippen LogP contribution in [0, 0.1) is 5.92 Å². The summed E-state index contributed by atoms with van der Waals surface area (Å²) < 4.78 is 6.05. The van der Waals surface area contributed by atoms with Crippen LogP contribution in [0.3, 0.4) is 0 Å². The number of aliphatic hydroxyl groups excluding tert-OH is 1. The van der Waals surface area contributed by atoms with Crippen molar-refractivity contribution < 1.29 is 9.84 Å². The van der Waals surface area contributed by atoms with Crippen LogP contribution in [0.4, 0.5) is 0 Å². The Kier molecular flexibility index (Phi) is 7.87. The molecule has 2 N–H and O–H groups in total. The van der Waals surface area contributed by atoms with Crippen LogP contribution in [0.2, 0.25) is 0 Å². The van der Waals surface area contributed by atoms with E-state index in [1.807, 2.05) is 0 Å². The normalized spacial score (nSPS) is 26.5. The number of hydrogen-bond donors (Lipinski definition) is 2. The lowest BCUT2D eigenvalue weighted by Gasteiger charge is -2.31. The van der Waals surface area contributed by atoms with Crippen molar-refractivity contribution in [2.75, 3.05) is 13.2 Å². The van der Waals surface area contributed by atoms with Crippen LogP contribution >= 0.6 is 0 Å². The molecule has 0 aromatic carbocycles. The smallest absolute Gasteiger partial charge is 0.0603 e. The fourth-order valence-corrected chi connectivity index (χ4v) is 2.92. The van der Waals surface area contributed by atoms with E-state index in [0.717, 1.165) is 18.9 Å². The Bertz CT molecular complexity index is 209. The maximum atomic E-state index is 9.29. The Labute approximate surface area is 112 Å². The van der Waals surface area contributed by atoms with Crippen LogP contribution in [-0.4, -0.2) is 36.5 Å². The molecular weight excluding hydrogens is 226 g/mol. The Morgan fingerprint density at radius 2 is 2.00 bits per heavy atom. The summed E-state index contributed by atoms with van der Waals surface area (Å²) in [5, 5.41) is 12.7. The average molecular weight is 257 g/mol. The summed E-state index contributed by atoms with van der Waals surface area (Å²) >= 11 is 0. The maximum Gasteiger partial charge on any atom is 0.0603 e. The summed E-state index contributed by atoms with van der Waals surface area (Å²) in [4.78, 5) is 0. The lowest BCUT2D eigenvalue weighted by Crippen LogP contribution is -2.39. The summed E-state index contributed by atoms with van der Waals surface area (Å²) in [6.07, 6.45) is 7.83. The van der Waals surface area contributed by atoms with Gasteiger partial charge in [-0.25, -0.2) is 0 Å². The minimum atomic E-state index is 0.175. The standard InChI is InChI=1S/C15H31NO2/c1-4-13-7-5-6-8-15(13)18-10-9-14(11-17)16-12(2)3/h12-17H,4-11H2,1-3H3. The highest BCUT2D eigenvalue weighted by Crippen LogP contribution is 2.29. The molecule has 1 rings (SSSR count). The van der Waals surface area contributed by atoms with Gasteiger partial charge in [-0.15, -0.1) is 0 Å². The lowest BCUT2D eigenvalue weighted by molar-refractivity contribution is -0.0173. The van der Waals surface area contributed by atoms with Crippen LogP contribution in [0.5, 0.6) is 0 Å². The molecule has 0 heterocycles. The number of rotatable bonds is 8. The lowest BCUT2D eigenvalue weighted by atomic mass is 9.85. The fourth-order valence-electron chi connectivity index (χ4n) is 2.92. The van der Waals surface area contributed by atoms with Crippen LogP contribution in [0.25, 0.3) is 0 Å². The third-order valence-electron chi connectivity index (χ3n) is 3.95. The Morgan fingerprint density at radius 1 is 1.28 bits per heavy atom. The van der Waals surface area contributed by atoms with E-state index >= 15 is 0 Å². The molecule has 1 aliphatic rings. The van der Waals surface area contributed by atoms with E-state index in [1.54, 1.807) is 0 Å². The first-order chi connectivity index (χ1) is 8.67. The van der Waals surface area contributed by atoms with Gasteiger partial charge in [-0.2, -0.15) is 0 Å². The highest BCUT2D eigenvalue weighted by Gasteiger charge is 2.24. The van der Waals surface area contributed by atoms with Crippen molar-refractivity contribution in [2.24, 2.45) is 5.92 Å². The van der Waals surface area contributed by atoms with E-state index in [2.05, 4.69) is 26.1 Å². The highest BCUT2D eigenvalue weighted by molar-refractivity contribution is 4.75. The van der Waals surface area contributed by atoms with Gasteiger partial charge in [0, 0.05) is 18.7 Å². The molecule has 1 fully saturated rings. The predicted molar refractivity (Wildman–Crippen MR) is 75.8 cm³/mol. The molecule has 18 heavy (non-hydrogen) atoms. The van der Waals surface area contributed by atoms with Gasteiger partial charge in [0.25, 0.3) is 0 Å². The molecule has 1 saturated carbocycles. The zero-order valence-electron chi connectivity index (χ0n) is 12.3. The topological polar surface area (TPSA) is 41.5 Å². The quantitative estimate of drug-likeness (QED) is 0.702. The molecule has 3 heteroatoms. The summed E-state index contributed by atoms with van der Waals surface area (Å²) in [7, 11) is 0. The second-order valence-corrected chi connectivity index (χ2v) is 5.85. The SMILES string of the molecule is CCC1CCCCC1OCCC(CO)NC(C)C. The minimum Gasteiger partial charge on any atom is -0.395 e. The van der Waals surface area contributed by atoms with Gasteiger partial charge in [-0.1, -0.05) is 40.0 Å². The van der Waals surface area contributed by atoms with Gasteiger partial charge in [0.15, 0.2) is 0 Å². The molecule has 0 amide bonds. The number of hydrogen-bond acceptors (Lipinski definition) is 3. The van der Waals surface area contributed by atoms with Crippen LogP contribution in [-0.2, 0) is 4.74 Å². The van der Waals surface area contributed by atoms with Crippen molar-refractivity contribution in [2.45, 2.75) is 77.5 Å².